The quantitative estimate of drug-likeness (QED) is 0.688. The molecule has 0 spiro atoms. The summed E-state index contributed by atoms with van der Waals surface area (Å²) >= 11 is 3.34. The molecule has 5 nitrogen and oxygen atoms in total. The van der Waals surface area contributed by atoms with Gasteiger partial charge in [0.1, 0.15) is 11.9 Å². The van der Waals surface area contributed by atoms with Crippen LogP contribution in [-0.2, 0) is 0 Å². The van der Waals surface area contributed by atoms with Gasteiger partial charge in [0.2, 0.25) is 0 Å². The molecule has 2 rings (SSSR count). The molecule has 1 saturated heterocycles. The highest BCUT2D eigenvalue weighted by molar-refractivity contribution is 9.10. The van der Waals surface area contributed by atoms with E-state index in [1.54, 1.807) is 6.07 Å². The van der Waals surface area contributed by atoms with Crippen LogP contribution >= 0.6 is 15.9 Å². The van der Waals surface area contributed by atoms with Gasteiger partial charge in [-0.15, -0.1) is 0 Å². The average molecular weight is 301 g/mol. The normalized spacial score (nSPS) is 16.8. The zero-order valence-corrected chi connectivity index (χ0v) is 10.8. The molecular formula is C11H13BrN2O3. The van der Waals surface area contributed by atoms with E-state index in [1.807, 2.05) is 0 Å². The Labute approximate surface area is 107 Å². The van der Waals surface area contributed by atoms with Gasteiger partial charge in [0.05, 0.1) is 15.5 Å². The molecule has 92 valence electrons. The standard InChI is InChI=1S/C11H13BrN2O3/c12-10-2-1-8(14(15)16)7-11(10)17-9-3-5-13-6-4-9/h1-2,7,9,13H,3-6H2. The van der Waals surface area contributed by atoms with Crippen molar-refractivity contribution in [1.29, 1.82) is 0 Å². The third-order valence-electron chi connectivity index (χ3n) is 2.71. The molecule has 6 heteroatoms. The Kier molecular flexibility index (Phi) is 3.96. The van der Waals surface area contributed by atoms with Crippen molar-refractivity contribution in [3.63, 3.8) is 0 Å². The number of halogens is 1. The summed E-state index contributed by atoms with van der Waals surface area (Å²) in [6.45, 7) is 1.86. The lowest BCUT2D eigenvalue weighted by Gasteiger charge is -2.24. The van der Waals surface area contributed by atoms with Crippen LogP contribution in [-0.4, -0.2) is 24.1 Å². The number of benzene rings is 1. The first-order valence-electron chi connectivity index (χ1n) is 5.48. The summed E-state index contributed by atoms with van der Waals surface area (Å²) < 4.78 is 6.54. The van der Waals surface area contributed by atoms with Gasteiger partial charge >= 0.3 is 0 Å². The van der Waals surface area contributed by atoms with E-state index in [2.05, 4.69) is 21.2 Å². The summed E-state index contributed by atoms with van der Waals surface area (Å²) in [6.07, 6.45) is 1.99. The van der Waals surface area contributed by atoms with Crippen molar-refractivity contribution in [3.8, 4) is 5.75 Å². The van der Waals surface area contributed by atoms with Crippen molar-refractivity contribution < 1.29 is 9.66 Å². The van der Waals surface area contributed by atoms with Crippen molar-refractivity contribution >= 4 is 21.6 Å². The predicted octanol–water partition coefficient (Wildman–Crippen LogP) is 2.49. The minimum absolute atomic E-state index is 0.0529. The third-order valence-corrected chi connectivity index (χ3v) is 3.36. The second kappa shape index (κ2) is 5.46. The van der Waals surface area contributed by atoms with E-state index in [1.165, 1.54) is 12.1 Å². The van der Waals surface area contributed by atoms with Gasteiger partial charge in [-0.2, -0.15) is 0 Å². The van der Waals surface area contributed by atoms with Crippen molar-refractivity contribution in [1.82, 2.24) is 5.32 Å². The molecule has 0 aromatic heterocycles. The molecule has 0 radical (unpaired) electrons. The molecule has 1 aromatic rings. The van der Waals surface area contributed by atoms with Crippen LogP contribution in [0.25, 0.3) is 0 Å². The SMILES string of the molecule is O=[N+]([O-])c1ccc(Br)c(OC2CCNCC2)c1. The van der Waals surface area contributed by atoms with E-state index in [0.29, 0.717) is 5.75 Å². The Morgan fingerprint density at radius 1 is 1.41 bits per heavy atom. The lowest BCUT2D eigenvalue weighted by atomic mass is 10.1. The van der Waals surface area contributed by atoms with Crippen molar-refractivity contribution in [2.24, 2.45) is 0 Å². The minimum atomic E-state index is -0.415. The summed E-state index contributed by atoms with van der Waals surface area (Å²) in [5, 5.41) is 13.9. The molecule has 1 aliphatic heterocycles. The predicted molar refractivity (Wildman–Crippen MR) is 67.3 cm³/mol. The van der Waals surface area contributed by atoms with Crippen LogP contribution in [0.1, 0.15) is 12.8 Å². The van der Waals surface area contributed by atoms with E-state index in [9.17, 15) is 10.1 Å². The van der Waals surface area contributed by atoms with E-state index in [4.69, 9.17) is 4.74 Å². The fraction of sp³-hybridized carbons (Fsp3) is 0.455. The number of hydrogen-bond donors (Lipinski definition) is 1. The van der Waals surface area contributed by atoms with Crippen molar-refractivity contribution in [2.75, 3.05) is 13.1 Å². The number of nitro benzene ring substituents is 1. The van der Waals surface area contributed by atoms with Gasteiger partial charge < -0.3 is 10.1 Å². The first-order valence-corrected chi connectivity index (χ1v) is 6.27. The van der Waals surface area contributed by atoms with Crippen LogP contribution in [0, 0.1) is 10.1 Å². The second-order valence-corrected chi connectivity index (χ2v) is 4.79. The summed E-state index contributed by atoms with van der Waals surface area (Å²) in [5.74, 6) is 0.547. The molecule has 17 heavy (non-hydrogen) atoms. The first-order chi connectivity index (χ1) is 8.16. The van der Waals surface area contributed by atoms with E-state index in [0.717, 1.165) is 30.4 Å². The van der Waals surface area contributed by atoms with E-state index in [-0.39, 0.29) is 11.8 Å². The Hall–Kier alpha value is -1.14. The van der Waals surface area contributed by atoms with Crippen LogP contribution in [0.3, 0.4) is 0 Å². The second-order valence-electron chi connectivity index (χ2n) is 3.94. The molecular weight excluding hydrogens is 288 g/mol. The molecule has 0 saturated carbocycles. The number of nitro groups is 1. The van der Waals surface area contributed by atoms with Gasteiger partial charge in [0, 0.05) is 6.07 Å². The van der Waals surface area contributed by atoms with Crippen LogP contribution in [0.4, 0.5) is 5.69 Å². The lowest BCUT2D eigenvalue weighted by Crippen LogP contribution is -2.34. The van der Waals surface area contributed by atoms with Crippen molar-refractivity contribution in [3.05, 3.63) is 32.8 Å². The fourth-order valence-electron chi connectivity index (χ4n) is 1.79. The highest BCUT2D eigenvalue weighted by atomic mass is 79.9. The number of non-ortho nitro benzene ring substituents is 1. The van der Waals surface area contributed by atoms with Crippen LogP contribution in [0.2, 0.25) is 0 Å². The molecule has 0 amide bonds. The maximum Gasteiger partial charge on any atom is 0.273 e. The number of ether oxygens (including phenoxy) is 1. The smallest absolute Gasteiger partial charge is 0.273 e. The molecule has 1 fully saturated rings. The highest BCUT2D eigenvalue weighted by Gasteiger charge is 2.17. The Morgan fingerprint density at radius 3 is 2.76 bits per heavy atom. The Bertz CT molecular complexity index is 419. The highest BCUT2D eigenvalue weighted by Crippen LogP contribution is 2.30. The summed E-state index contributed by atoms with van der Waals surface area (Å²) in [5.41, 5.74) is 0.0529. The van der Waals surface area contributed by atoms with Crippen molar-refractivity contribution in [2.45, 2.75) is 18.9 Å². The van der Waals surface area contributed by atoms with E-state index >= 15 is 0 Å². The number of piperidine rings is 1. The van der Waals surface area contributed by atoms with Gasteiger partial charge in [0.15, 0.2) is 0 Å². The van der Waals surface area contributed by atoms with Gasteiger partial charge in [-0.25, -0.2) is 0 Å². The molecule has 0 bridgehead atoms. The van der Waals surface area contributed by atoms with Gasteiger partial charge in [-0.05, 0) is 47.9 Å². The molecule has 0 atom stereocenters. The zero-order valence-electron chi connectivity index (χ0n) is 9.19. The van der Waals surface area contributed by atoms with Crippen LogP contribution in [0.15, 0.2) is 22.7 Å². The third kappa shape index (κ3) is 3.17. The Morgan fingerprint density at radius 2 is 2.12 bits per heavy atom. The lowest BCUT2D eigenvalue weighted by molar-refractivity contribution is -0.385. The van der Waals surface area contributed by atoms with Gasteiger partial charge in [-0.3, -0.25) is 10.1 Å². The summed E-state index contributed by atoms with van der Waals surface area (Å²) in [4.78, 5) is 10.3. The maximum absolute atomic E-state index is 10.7. The molecule has 1 N–H and O–H groups in total. The number of hydrogen-bond acceptors (Lipinski definition) is 4. The molecule has 0 unspecified atom stereocenters. The van der Waals surface area contributed by atoms with Crippen LogP contribution < -0.4 is 10.1 Å². The molecule has 1 aromatic carbocycles. The average Bonchev–Trinajstić information content (AvgIpc) is 2.33. The summed E-state index contributed by atoms with van der Waals surface area (Å²) in [6, 6.07) is 4.57. The molecule has 1 heterocycles. The molecule has 1 aliphatic rings. The minimum Gasteiger partial charge on any atom is -0.489 e. The van der Waals surface area contributed by atoms with Gasteiger partial charge in [0.25, 0.3) is 5.69 Å². The van der Waals surface area contributed by atoms with Crippen LogP contribution in [0.5, 0.6) is 5.75 Å². The first kappa shape index (κ1) is 12.3. The monoisotopic (exact) mass is 300 g/mol. The maximum atomic E-state index is 10.7. The summed E-state index contributed by atoms with van der Waals surface area (Å²) in [7, 11) is 0. The fourth-order valence-corrected chi connectivity index (χ4v) is 2.13. The number of nitrogens with zero attached hydrogens (tertiary/aromatic N) is 1. The van der Waals surface area contributed by atoms with Gasteiger partial charge in [-0.1, -0.05) is 0 Å². The largest absolute Gasteiger partial charge is 0.489 e. The Balaban J connectivity index is 2.13. The topological polar surface area (TPSA) is 64.4 Å². The zero-order chi connectivity index (χ0) is 12.3. The number of nitrogens with one attached hydrogen (secondary N) is 1. The van der Waals surface area contributed by atoms with E-state index < -0.39 is 4.92 Å². The number of rotatable bonds is 3. The molecule has 0 aliphatic carbocycles.